The Morgan fingerprint density at radius 2 is 1.56 bits per heavy atom. The van der Waals surface area contributed by atoms with Crippen molar-refractivity contribution >= 4 is 0 Å². The van der Waals surface area contributed by atoms with Gasteiger partial charge in [-0.2, -0.15) is 0 Å². The largest absolute Gasteiger partial charge is 0.508 e. The van der Waals surface area contributed by atoms with Gasteiger partial charge in [-0.25, -0.2) is 0 Å². The van der Waals surface area contributed by atoms with Gasteiger partial charge in [0.1, 0.15) is 11.5 Å². The number of aromatic hydroxyl groups is 2. The smallest absolute Gasteiger partial charge is 0.123 e. The molecule has 2 aromatic rings. The summed E-state index contributed by atoms with van der Waals surface area (Å²) in [5.41, 5.74) is 4.04. The zero-order chi connectivity index (χ0) is 13.1. The van der Waals surface area contributed by atoms with Gasteiger partial charge in [0.05, 0.1) is 0 Å². The van der Waals surface area contributed by atoms with E-state index in [-0.39, 0.29) is 11.5 Å². The molecule has 0 radical (unpaired) electrons. The van der Waals surface area contributed by atoms with Gasteiger partial charge >= 0.3 is 0 Å². The second-order valence-corrected chi connectivity index (χ2v) is 4.40. The molecule has 2 aromatic carbocycles. The number of aryl methyl sites for hydroxylation is 2. The highest BCUT2D eigenvalue weighted by Gasteiger charge is 2.09. The van der Waals surface area contributed by atoms with Crippen molar-refractivity contribution in [3.05, 3.63) is 47.5 Å². The van der Waals surface area contributed by atoms with Crippen LogP contribution in [0.1, 0.15) is 25.0 Å². The van der Waals surface area contributed by atoms with Crippen LogP contribution in [0.5, 0.6) is 11.5 Å². The van der Waals surface area contributed by atoms with Crippen molar-refractivity contribution in [2.24, 2.45) is 0 Å². The minimum atomic E-state index is 0.213. The normalized spacial score (nSPS) is 10.6. The van der Waals surface area contributed by atoms with Crippen molar-refractivity contribution < 1.29 is 10.2 Å². The molecule has 94 valence electrons. The van der Waals surface area contributed by atoms with E-state index in [0.29, 0.717) is 0 Å². The molecule has 0 aliphatic rings. The third-order valence-electron chi connectivity index (χ3n) is 3.24. The second-order valence-electron chi connectivity index (χ2n) is 4.40. The fourth-order valence-corrected chi connectivity index (χ4v) is 2.24. The maximum absolute atomic E-state index is 10.1. The van der Waals surface area contributed by atoms with Gasteiger partial charge in [0.2, 0.25) is 0 Å². The summed E-state index contributed by atoms with van der Waals surface area (Å²) in [4.78, 5) is 0. The highest BCUT2D eigenvalue weighted by Crippen LogP contribution is 2.33. The molecular weight excluding hydrogens is 224 g/mol. The summed E-state index contributed by atoms with van der Waals surface area (Å²) in [7, 11) is 0. The lowest BCUT2D eigenvalue weighted by molar-refractivity contribution is 0.474. The van der Waals surface area contributed by atoms with E-state index in [9.17, 15) is 10.2 Å². The van der Waals surface area contributed by atoms with Crippen LogP contribution in [0.15, 0.2) is 36.4 Å². The molecule has 0 heterocycles. The van der Waals surface area contributed by atoms with Crippen LogP contribution in [-0.2, 0) is 12.8 Å². The second kappa shape index (κ2) is 5.13. The van der Waals surface area contributed by atoms with Crippen molar-refractivity contribution in [3.63, 3.8) is 0 Å². The van der Waals surface area contributed by atoms with Crippen LogP contribution in [-0.4, -0.2) is 10.2 Å². The maximum atomic E-state index is 10.1. The van der Waals surface area contributed by atoms with Crippen molar-refractivity contribution in [1.29, 1.82) is 0 Å². The lowest BCUT2D eigenvalue weighted by Crippen LogP contribution is -1.92. The van der Waals surface area contributed by atoms with Gasteiger partial charge in [-0.05, 0) is 53.8 Å². The zero-order valence-corrected chi connectivity index (χ0v) is 10.8. The summed E-state index contributed by atoms with van der Waals surface area (Å²) in [6.45, 7) is 4.19. The van der Waals surface area contributed by atoms with Crippen LogP contribution >= 0.6 is 0 Å². The maximum Gasteiger partial charge on any atom is 0.123 e. The Labute approximate surface area is 108 Å². The average Bonchev–Trinajstić information content (AvgIpc) is 2.38. The molecule has 0 aliphatic carbocycles. The Bertz CT molecular complexity index is 559. The molecule has 18 heavy (non-hydrogen) atoms. The predicted molar refractivity (Wildman–Crippen MR) is 74.0 cm³/mol. The Balaban J connectivity index is 2.57. The molecule has 0 fully saturated rings. The highest BCUT2D eigenvalue weighted by molar-refractivity contribution is 5.72. The molecule has 0 unspecified atom stereocenters. The van der Waals surface area contributed by atoms with Crippen LogP contribution in [0.25, 0.3) is 11.1 Å². The van der Waals surface area contributed by atoms with Gasteiger partial charge in [0, 0.05) is 5.56 Å². The number of phenols is 2. The summed E-state index contributed by atoms with van der Waals surface area (Å²) in [5.74, 6) is 0.485. The summed E-state index contributed by atoms with van der Waals surface area (Å²) >= 11 is 0. The summed E-state index contributed by atoms with van der Waals surface area (Å²) in [6, 6.07) is 10.8. The van der Waals surface area contributed by atoms with Gasteiger partial charge < -0.3 is 10.2 Å². The Kier molecular flexibility index (Phi) is 3.56. The first kappa shape index (κ1) is 12.5. The standard InChI is InChI=1S/C16H18O2/c1-3-11-9-15(16(18)10-12(11)4-2)13-6-5-7-14(17)8-13/h5-10,17-18H,3-4H2,1-2H3. The fraction of sp³-hybridized carbons (Fsp3) is 0.250. The zero-order valence-electron chi connectivity index (χ0n) is 10.8. The van der Waals surface area contributed by atoms with E-state index in [1.807, 2.05) is 18.2 Å². The first-order valence-corrected chi connectivity index (χ1v) is 6.29. The molecule has 2 nitrogen and oxygen atoms in total. The number of benzene rings is 2. The van der Waals surface area contributed by atoms with E-state index < -0.39 is 0 Å². The lowest BCUT2D eigenvalue weighted by atomic mass is 9.95. The molecule has 0 saturated carbocycles. The first-order valence-electron chi connectivity index (χ1n) is 6.29. The Hall–Kier alpha value is -1.96. The molecule has 0 bridgehead atoms. The van der Waals surface area contributed by atoms with Crippen LogP contribution in [0.2, 0.25) is 0 Å². The van der Waals surface area contributed by atoms with Crippen molar-refractivity contribution in [1.82, 2.24) is 0 Å². The van der Waals surface area contributed by atoms with Crippen molar-refractivity contribution in [3.8, 4) is 22.6 Å². The lowest BCUT2D eigenvalue weighted by Gasteiger charge is -2.12. The van der Waals surface area contributed by atoms with Gasteiger partial charge in [0.25, 0.3) is 0 Å². The number of rotatable bonds is 3. The SMILES string of the molecule is CCc1cc(O)c(-c2cccc(O)c2)cc1CC. The van der Waals surface area contributed by atoms with Crippen molar-refractivity contribution in [2.45, 2.75) is 26.7 Å². The topological polar surface area (TPSA) is 40.5 Å². The van der Waals surface area contributed by atoms with Gasteiger partial charge in [0.15, 0.2) is 0 Å². The van der Waals surface area contributed by atoms with E-state index in [0.717, 1.165) is 24.0 Å². The average molecular weight is 242 g/mol. The third kappa shape index (κ3) is 2.33. The summed E-state index contributed by atoms with van der Waals surface area (Å²) < 4.78 is 0. The molecule has 2 heteroatoms. The van der Waals surface area contributed by atoms with Crippen LogP contribution in [0, 0.1) is 0 Å². The van der Waals surface area contributed by atoms with E-state index in [1.165, 1.54) is 11.1 Å². The Morgan fingerprint density at radius 3 is 2.17 bits per heavy atom. The quantitative estimate of drug-likeness (QED) is 0.857. The third-order valence-corrected chi connectivity index (χ3v) is 3.24. The van der Waals surface area contributed by atoms with Crippen molar-refractivity contribution in [2.75, 3.05) is 0 Å². The summed E-state index contributed by atoms with van der Waals surface area (Å²) in [5, 5.41) is 19.6. The number of hydrogen-bond donors (Lipinski definition) is 2. The fourth-order valence-electron chi connectivity index (χ4n) is 2.24. The molecule has 0 spiro atoms. The molecule has 0 amide bonds. The van der Waals surface area contributed by atoms with Gasteiger partial charge in [-0.15, -0.1) is 0 Å². The number of phenolic OH excluding ortho intramolecular Hbond substituents is 2. The van der Waals surface area contributed by atoms with Crippen LogP contribution in [0.4, 0.5) is 0 Å². The molecule has 0 aromatic heterocycles. The molecule has 0 atom stereocenters. The van der Waals surface area contributed by atoms with Crippen LogP contribution in [0.3, 0.4) is 0 Å². The highest BCUT2D eigenvalue weighted by atomic mass is 16.3. The first-order chi connectivity index (χ1) is 8.65. The summed E-state index contributed by atoms with van der Waals surface area (Å²) in [6.07, 6.45) is 1.85. The van der Waals surface area contributed by atoms with E-state index in [4.69, 9.17) is 0 Å². The molecule has 0 saturated heterocycles. The van der Waals surface area contributed by atoms with Gasteiger partial charge in [-0.3, -0.25) is 0 Å². The molecular formula is C16H18O2. The van der Waals surface area contributed by atoms with E-state index in [2.05, 4.69) is 13.8 Å². The minimum Gasteiger partial charge on any atom is -0.508 e. The molecule has 2 rings (SSSR count). The molecule has 2 N–H and O–H groups in total. The predicted octanol–water partition coefficient (Wildman–Crippen LogP) is 3.89. The Morgan fingerprint density at radius 1 is 0.889 bits per heavy atom. The van der Waals surface area contributed by atoms with E-state index in [1.54, 1.807) is 18.2 Å². The monoisotopic (exact) mass is 242 g/mol. The molecule has 0 aliphatic heterocycles. The van der Waals surface area contributed by atoms with E-state index >= 15 is 0 Å². The van der Waals surface area contributed by atoms with Crippen LogP contribution < -0.4 is 0 Å². The number of hydrogen-bond acceptors (Lipinski definition) is 2. The van der Waals surface area contributed by atoms with Gasteiger partial charge in [-0.1, -0.05) is 26.0 Å². The minimum absolute atomic E-state index is 0.213.